The van der Waals surface area contributed by atoms with E-state index in [0.717, 1.165) is 0 Å². The first-order valence-corrected chi connectivity index (χ1v) is 7.51. The summed E-state index contributed by atoms with van der Waals surface area (Å²) >= 11 is 5.91. The largest absolute Gasteiger partial charge is 0.488 e. The van der Waals surface area contributed by atoms with Gasteiger partial charge in [-0.3, -0.25) is 9.59 Å². The molecular weight excluding hydrogens is 337 g/mol. The van der Waals surface area contributed by atoms with Gasteiger partial charge in [0.2, 0.25) is 0 Å². The summed E-state index contributed by atoms with van der Waals surface area (Å²) in [7, 11) is 0. The van der Waals surface area contributed by atoms with Crippen molar-refractivity contribution >= 4 is 23.5 Å². The molecule has 2 rings (SSSR count). The van der Waals surface area contributed by atoms with E-state index >= 15 is 0 Å². The third-order valence-electron chi connectivity index (χ3n) is 2.95. The van der Waals surface area contributed by atoms with Gasteiger partial charge in [0.25, 0.3) is 5.91 Å². The first-order chi connectivity index (χ1) is 11.6. The van der Waals surface area contributed by atoms with Crippen LogP contribution in [0.4, 0.5) is 4.39 Å². The van der Waals surface area contributed by atoms with Crippen molar-refractivity contribution in [1.82, 2.24) is 5.32 Å². The van der Waals surface area contributed by atoms with Crippen molar-refractivity contribution in [3.63, 3.8) is 0 Å². The van der Waals surface area contributed by atoms with Crippen molar-refractivity contribution in [3.8, 4) is 5.75 Å². The van der Waals surface area contributed by atoms with Gasteiger partial charge in [0.1, 0.15) is 31.3 Å². The number of benzene rings is 2. The fourth-order valence-electron chi connectivity index (χ4n) is 1.81. The second-order valence-electron chi connectivity index (χ2n) is 4.66. The Labute approximate surface area is 143 Å². The molecule has 0 unspecified atom stereocenters. The monoisotopic (exact) mass is 351 g/mol. The van der Waals surface area contributed by atoms with E-state index in [4.69, 9.17) is 21.1 Å². The molecule has 0 aliphatic carbocycles. The highest BCUT2D eigenvalue weighted by Gasteiger charge is 2.12. The third-order valence-corrected chi connectivity index (χ3v) is 3.26. The normalized spacial score (nSPS) is 10.1. The topological polar surface area (TPSA) is 64.6 Å². The molecule has 0 atom stereocenters. The number of carbonyl (C=O) groups excluding carboxylic acids is 2. The van der Waals surface area contributed by atoms with Gasteiger partial charge in [-0.25, -0.2) is 4.39 Å². The van der Waals surface area contributed by atoms with Crippen LogP contribution >= 0.6 is 11.6 Å². The van der Waals surface area contributed by atoms with E-state index < -0.39 is 17.7 Å². The number of amides is 1. The molecule has 126 valence electrons. The Balaban J connectivity index is 1.68. The van der Waals surface area contributed by atoms with Gasteiger partial charge in [-0.2, -0.15) is 0 Å². The minimum atomic E-state index is -0.683. The Morgan fingerprint density at radius 3 is 2.50 bits per heavy atom. The van der Waals surface area contributed by atoms with Crippen LogP contribution in [-0.4, -0.2) is 31.6 Å². The van der Waals surface area contributed by atoms with Crippen molar-refractivity contribution in [2.75, 3.05) is 19.8 Å². The average Bonchev–Trinajstić information content (AvgIpc) is 2.58. The number of hydrogen-bond acceptors (Lipinski definition) is 4. The predicted molar refractivity (Wildman–Crippen MR) is 86.6 cm³/mol. The van der Waals surface area contributed by atoms with E-state index in [9.17, 15) is 14.0 Å². The minimum absolute atomic E-state index is 0.000372. The average molecular weight is 352 g/mol. The molecule has 0 aliphatic rings. The number of halogens is 2. The van der Waals surface area contributed by atoms with Gasteiger partial charge in [0.15, 0.2) is 0 Å². The molecule has 0 aromatic heterocycles. The van der Waals surface area contributed by atoms with Crippen LogP contribution in [0.25, 0.3) is 0 Å². The molecule has 1 N–H and O–H groups in total. The molecule has 0 heterocycles. The number of nitrogens with one attached hydrogen (secondary N) is 1. The standard InChI is InChI=1S/C17H15ClFNO4/c18-13-6-2-4-8-15(13)23-9-10-24-16(21)11-20-17(22)12-5-1-3-7-14(12)19/h1-8H,9-11H2,(H,20,22). The molecule has 1 amide bonds. The molecule has 0 saturated heterocycles. The summed E-state index contributed by atoms with van der Waals surface area (Å²) < 4.78 is 23.7. The van der Waals surface area contributed by atoms with Gasteiger partial charge in [0.05, 0.1) is 10.6 Å². The van der Waals surface area contributed by atoms with Crippen LogP contribution in [0.5, 0.6) is 5.75 Å². The molecule has 0 bridgehead atoms. The van der Waals surface area contributed by atoms with Gasteiger partial charge in [0, 0.05) is 0 Å². The highest BCUT2D eigenvalue weighted by atomic mass is 35.5. The molecule has 5 nitrogen and oxygen atoms in total. The molecule has 0 radical (unpaired) electrons. The van der Waals surface area contributed by atoms with Crippen LogP contribution in [0.3, 0.4) is 0 Å². The number of hydrogen-bond donors (Lipinski definition) is 1. The molecule has 0 saturated carbocycles. The SMILES string of the molecule is O=C(CNC(=O)c1ccccc1F)OCCOc1ccccc1Cl. The Morgan fingerprint density at radius 2 is 1.75 bits per heavy atom. The highest BCUT2D eigenvalue weighted by Crippen LogP contribution is 2.22. The van der Waals surface area contributed by atoms with Crippen molar-refractivity contribution in [2.24, 2.45) is 0 Å². The van der Waals surface area contributed by atoms with Gasteiger partial charge in [-0.1, -0.05) is 35.9 Å². The Hall–Kier alpha value is -2.60. The summed E-state index contributed by atoms with van der Waals surface area (Å²) in [5, 5.41) is 2.75. The van der Waals surface area contributed by atoms with Gasteiger partial charge < -0.3 is 14.8 Å². The summed E-state index contributed by atoms with van der Waals surface area (Å²) in [5.41, 5.74) is -0.132. The van der Waals surface area contributed by atoms with Crippen molar-refractivity contribution in [1.29, 1.82) is 0 Å². The zero-order valence-electron chi connectivity index (χ0n) is 12.6. The summed E-state index contributed by atoms with van der Waals surface area (Å²) in [6.07, 6.45) is 0. The first kappa shape index (κ1) is 17.7. The Morgan fingerprint density at radius 1 is 1.04 bits per heavy atom. The fraction of sp³-hybridized carbons (Fsp3) is 0.176. The number of rotatable bonds is 7. The van der Waals surface area contributed by atoms with Gasteiger partial charge in [-0.05, 0) is 24.3 Å². The molecule has 2 aromatic rings. The molecule has 0 spiro atoms. The lowest BCUT2D eigenvalue weighted by Crippen LogP contribution is -2.31. The van der Waals surface area contributed by atoms with Crippen LogP contribution in [0, 0.1) is 5.82 Å². The van der Waals surface area contributed by atoms with Crippen LogP contribution < -0.4 is 10.1 Å². The second-order valence-corrected chi connectivity index (χ2v) is 5.07. The fourth-order valence-corrected chi connectivity index (χ4v) is 2.00. The molecule has 24 heavy (non-hydrogen) atoms. The summed E-state index contributed by atoms with van der Waals surface area (Å²) in [5.74, 6) is -1.50. The number of ether oxygens (including phenoxy) is 2. The summed E-state index contributed by atoms with van der Waals surface area (Å²) in [6, 6.07) is 12.4. The molecule has 0 fully saturated rings. The predicted octanol–water partition coefficient (Wildman–Crippen LogP) is 2.83. The van der Waals surface area contributed by atoms with Crippen LogP contribution in [0.1, 0.15) is 10.4 Å². The summed E-state index contributed by atoms with van der Waals surface area (Å²) in [6.45, 7) is -0.240. The second kappa shape index (κ2) is 8.88. The van der Waals surface area contributed by atoms with E-state index in [0.29, 0.717) is 10.8 Å². The summed E-state index contributed by atoms with van der Waals surface area (Å²) in [4.78, 5) is 23.3. The van der Waals surface area contributed by atoms with E-state index in [1.165, 1.54) is 24.3 Å². The maximum absolute atomic E-state index is 13.4. The lowest BCUT2D eigenvalue weighted by atomic mass is 10.2. The Kier molecular flexibility index (Phi) is 6.57. The van der Waals surface area contributed by atoms with E-state index in [1.54, 1.807) is 24.3 Å². The lowest BCUT2D eigenvalue weighted by Gasteiger charge is -2.09. The van der Waals surface area contributed by atoms with Gasteiger partial charge in [-0.15, -0.1) is 0 Å². The lowest BCUT2D eigenvalue weighted by molar-refractivity contribution is -0.143. The first-order valence-electron chi connectivity index (χ1n) is 7.13. The molecular formula is C17H15ClFNO4. The smallest absolute Gasteiger partial charge is 0.325 e. The molecule has 0 aliphatic heterocycles. The number of carbonyl (C=O) groups is 2. The Bertz CT molecular complexity index is 723. The highest BCUT2D eigenvalue weighted by molar-refractivity contribution is 6.32. The maximum Gasteiger partial charge on any atom is 0.325 e. The van der Waals surface area contributed by atoms with Gasteiger partial charge >= 0.3 is 5.97 Å². The maximum atomic E-state index is 13.4. The van der Waals surface area contributed by atoms with Crippen molar-refractivity contribution in [3.05, 3.63) is 64.9 Å². The van der Waals surface area contributed by atoms with Crippen LogP contribution in [0.2, 0.25) is 5.02 Å². The van der Waals surface area contributed by atoms with Crippen molar-refractivity contribution in [2.45, 2.75) is 0 Å². The third kappa shape index (κ3) is 5.24. The molecule has 2 aromatic carbocycles. The van der Waals surface area contributed by atoms with E-state index in [-0.39, 0.29) is 25.3 Å². The zero-order valence-corrected chi connectivity index (χ0v) is 13.4. The van der Waals surface area contributed by atoms with Crippen LogP contribution in [0.15, 0.2) is 48.5 Å². The molecule has 7 heteroatoms. The van der Waals surface area contributed by atoms with E-state index in [2.05, 4.69) is 5.32 Å². The van der Waals surface area contributed by atoms with E-state index in [1.807, 2.05) is 0 Å². The van der Waals surface area contributed by atoms with Crippen molar-refractivity contribution < 1.29 is 23.5 Å². The zero-order chi connectivity index (χ0) is 17.4. The quantitative estimate of drug-likeness (QED) is 0.615. The van der Waals surface area contributed by atoms with Crippen LogP contribution in [-0.2, 0) is 9.53 Å². The number of para-hydroxylation sites is 1. The number of esters is 1. The minimum Gasteiger partial charge on any atom is -0.488 e.